The van der Waals surface area contributed by atoms with E-state index in [1.807, 2.05) is 12.1 Å². The minimum atomic E-state index is -0.455. The lowest BCUT2D eigenvalue weighted by Gasteiger charge is -2.39. The van der Waals surface area contributed by atoms with Crippen molar-refractivity contribution in [2.45, 2.75) is 37.5 Å². The zero-order valence-corrected chi connectivity index (χ0v) is 14.3. The maximum atomic E-state index is 13.9. The molecular formula is C18H26FN3O3. The van der Waals surface area contributed by atoms with Gasteiger partial charge in [0.25, 0.3) is 0 Å². The van der Waals surface area contributed by atoms with E-state index in [2.05, 4.69) is 10.2 Å². The van der Waals surface area contributed by atoms with Crippen LogP contribution in [0, 0.1) is 5.82 Å². The van der Waals surface area contributed by atoms with Crippen molar-refractivity contribution in [3.8, 4) is 0 Å². The quantitative estimate of drug-likeness (QED) is 0.801. The third kappa shape index (κ3) is 4.90. The Bertz CT molecular complexity index is 578. The molecule has 0 unspecified atom stereocenters. The number of benzene rings is 1. The number of hydrogen-bond donors (Lipinski definition) is 2. The lowest BCUT2D eigenvalue weighted by molar-refractivity contribution is -0.128. The normalized spacial score (nSPS) is 25.1. The molecule has 3 N–H and O–H groups in total. The van der Waals surface area contributed by atoms with E-state index in [4.69, 9.17) is 15.2 Å². The fourth-order valence-corrected chi connectivity index (χ4v) is 3.56. The summed E-state index contributed by atoms with van der Waals surface area (Å²) in [6.45, 7) is 2.75. The van der Waals surface area contributed by atoms with Gasteiger partial charge in [-0.25, -0.2) is 4.39 Å². The van der Waals surface area contributed by atoms with Crippen molar-refractivity contribution in [3.05, 3.63) is 30.1 Å². The Morgan fingerprint density at radius 3 is 2.80 bits per heavy atom. The van der Waals surface area contributed by atoms with Gasteiger partial charge in [-0.05, 0) is 31.4 Å². The Balaban J connectivity index is 1.50. The summed E-state index contributed by atoms with van der Waals surface area (Å²) >= 11 is 0. The van der Waals surface area contributed by atoms with Crippen molar-refractivity contribution in [2.75, 3.05) is 37.8 Å². The van der Waals surface area contributed by atoms with Crippen molar-refractivity contribution in [1.29, 1.82) is 0 Å². The Hall–Kier alpha value is -1.70. The van der Waals surface area contributed by atoms with Gasteiger partial charge in [0.1, 0.15) is 12.4 Å². The van der Waals surface area contributed by atoms with E-state index in [1.165, 1.54) is 6.07 Å². The molecular weight excluding hydrogens is 325 g/mol. The average Bonchev–Trinajstić information content (AvgIpc) is 2.62. The summed E-state index contributed by atoms with van der Waals surface area (Å²) in [4.78, 5) is 13.0. The van der Waals surface area contributed by atoms with Crippen LogP contribution < -0.4 is 16.0 Å². The largest absolute Gasteiger partial charge is 0.380 e. The maximum Gasteiger partial charge on any atom is 0.243 e. The molecule has 138 valence electrons. The second-order valence-corrected chi connectivity index (χ2v) is 6.67. The van der Waals surface area contributed by atoms with Crippen molar-refractivity contribution in [1.82, 2.24) is 5.32 Å². The highest BCUT2D eigenvalue weighted by molar-refractivity contribution is 5.75. The Morgan fingerprint density at radius 2 is 2.08 bits per heavy atom. The summed E-state index contributed by atoms with van der Waals surface area (Å²) in [5.41, 5.74) is 5.84. The lowest BCUT2D eigenvalue weighted by atomic mass is 10.00. The number of ether oxygens (including phenoxy) is 2. The minimum Gasteiger partial charge on any atom is -0.380 e. The van der Waals surface area contributed by atoms with Gasteiger partial charge in [0.15, 0.2) is 0 Å². The van der Waals surface area contributed by atoms with Crippen LogP contribution in [0.1, 0.15) is 19.3 Å². The minimum absolute atomic E-state index is 0.0538. The summed E-state index contributed by atoms with van der Waals surface area (Å²) in [6, 6.07) is 7.28. The molecule has 25 heavy (non-hydrogen) atoms. The standard InChI is InChI=1S/C18H26FN3O3/c19-14-3-1-2-4-16(14)22-8-5-13(6-9-22)21-15-11-24-10-7-17(15)25-12-18(20)23/h1-4,13,15,17,21H,5-12H2,(H2,20,23)/t15-,17+/m0/s1. The molecule has 3 rings (SSSR count). The van der Waals surface area contributed by atoms with Crippen molar-refractivity contribution in [2.24, 2.45) is 5.73 Å². The maximum absolute atomic E-state index is 13.9. The predicted molar refractivity (Wildman–Crippen MR) is 92.9 cm³/mol. The second kappa shape index (κ2) is 8.60. The first kappa shape index (κ1) is 18.1. The van der Waals surface area contributed by atoms with Crippen LogP contribution in [0.5, 0.6) is 0 Å². The number of carbonyl (C=O) groups is 1. The van der Waals surface area contributed by atoms with Gasteiger partial charge in [-0.2, -0.15) is 0 Å². The van der Waals surface area contributed by atoms with E-state index in [-0.39, 0.29) is 24.6 Å². The number of nitrogens with zero attached hydrogens (tertiary/aromatic N) is 1. The Labute approximate surface area is 147 Å². The number of nitrogens with two attached hydrogens (primary N) is 1. The molecule has 2 atom stereocenters. The lowest BCUT2D eigenvalue weighted by Crippen LogP contribution is -2.54. The number of nitrogens with one attached hydrogen (secondary N) is 1. The number of hydrogen-bond acceptors (Lipinski definition) is 5. The van der Waals surface area contributed by atoms with Crippen LogP contribution in [0.2, 0.25) is 0 Å². The van der Waals surface area contributed by atoms with Crippen LogP contribution in [-0.4, -0.2) is 57.0 Å². The molecule has 0 aromatic heterocycles. The van der Waals surface area contributed by atoms with Gasteiger partial charge in [0.05, 0.1) is 24.4 Å². The molecule has 1 aromatic carbocycles. The number of para-hydroxylation sites is 1. The Kier molecular flexibility index (Phi) is 6.23. The van der Waals surface area contributed by atoms with Gasteiger partial charge in [0, 0.05) is 25.7 Å². The first-order valence-electron chi connectivity index (χ1n) is 8.86. The highest BCUT2D eigenvalue weighted by Crippen LogP contribution is 2.23. The number of primary amides is 1. The van der Waals surface area contributed by atoms with Crippen molar-refractivity contribution < 1.29 is 18.7 Å². The van der Waals surface area contributed by atoms with Crippen LogP contribution in [0.15, 0.2) is 24.3 Å². The molecule has 2 fully saturated rings. The van der Waals surface area contributed by atoms with Crippen molar-refractivity contribution >= 4 is 11.6 Å². The fourth-order valence-electron chi connectivity index (χ4n) is 3.56. The highest BCUT2D eigenvalue weighted by Gasteiger charge is 2.30. The molecule has 0 aliphatic carbocycles. The average molecular weight is 351 g/mol. The molecule has 6 nitrogen and oxygen atoms in total. The SMILES string of the molecule is NC(=O)CO[C@@H]1CCOC[C@@H]1NC1CCN(c2ccccc2F)CC1. The van der Waals surface area contributed by atoms with Gasteiger partial charge < -0.3 is 25.4 Å². The van der Waals surface area contributed by atoms with Gasteiger partial charge in [-0.1, -0.05) is 12.1 Å². The summed E-state index contributed by atoms with van der Waals surface area (Å²) < 4.78 is 25.1. The molecule has 0 bridgehead atoms. The first-order valence-corrected chi connectivity index (χ1v) is 8.86. The van der Waals surface area contributed by atoms with E-state index in [0.717, 1.165) is 32.4 Å². The van der Waals surface area contributed by atoms with Crippen LogP contribution in [-0.2, 0) is 14.3 Å². The van der Waals surface area contributed by atoms with E-state index in [0.29, 0.717) is 24.9 Å². The summed E-state index contributed by atoms with van der Waals surface area (Å²) in [5.74, 6) is -0.627. The third-order valence-electron chi connectivity index (χ3n) is 4.87. The van der Waals surface area contributed by atoms with Crippen LogP contribution in [0.3, 0.4) is 0 Å². The second-order valence-electron chi connectivity index (χ2n) is 6.67. The van der Waals surface area contributed by atoms with E-state index < -0.39 is 5.91 Å². The van der Waals surface area contributed by atoms with Crippen LogP contribution in [0.4, 0.5) is 10.1 Å². The third-order valence-corrected chi connectivity index (χ3v) is 4.87. The van der Waals surface area contributed by atoms with Crippen LogP contribution >= 0.6 is 0 Å². The molecule has 2 aliphatic rings. The number of carbonyl (C=O) groups excluding carboxylic acids is 1. The number of anilines is 1. The molecule has 1 aromatic rings. The van der Waals surface area contributed by atoms with Gasteiger partial charge >= 0.3 is 0 Å². The predicted octanol–water partition coefficient (Wildman–Crippen LogP) is 1.04. The van der Waals surface area contributed by atoms with E-state index >= 15 is 0 Å². The van der Waals surface area contributed by atoms with Gasteiger partial charge in [-0.3, -0.25) is 4.79 Å². The van der Waals surface area contributed by atoms with Gasteiger partial charge in [-0.15, -0.1) is 0 Å². The van der Waals surface area contributed by atoms with Gasteiger partial charge in [0.2, 0.25) is 5.91 Å². The number of halogens is 1. The number of rotatable bonds is 6. The summed E-state index contributed by atoms with van der Waals surface area (Å²) in [6.07, 6.45) is 2.53. The molecule has 2 aliphatic heterocycles. The molecule has 2 saturated heterocycles. The monoisotopic (exact) mass is 351 g/mol. The number of amides is 1. The first-order chi connectivity index (χ1) is 12.1. The summed E-state index contributed by atoms with van der Waals surface area (Å²) in [7, 11) is 0. The zero-order chi connectivity index (χ0) is 17.6. The Morgan fingerprint density at radius 1 is 1.32 bits per heavy atom. The molecule has 0 saturated carbocycles. The summed E-state index contributed by atoms with van der Waals surface area (Å²) in [5, 5.41) is 3.60. The van der Waals surface area contributed by atoms with Crippen molar-refractivity contribution in [3.63, 3.8) is 0 Å². The molecule has 1 amide bonds. The molecule has 2 heterocycles. The van der Waals surface area contributed by atoms with E-state index in [1.54, 1.807) is 6.07 Å². The molecule has 0 radical (unpaired) electrons. The molecule has 7 heteroatoms. The zero-order valence-electron chi connectivity index (χ0n) is 14.3. The molecule has 0 spiro atoms. The van der Waals surface area contributed by atoms with Crippen LogP contribution in [0.25, 0.3) is 0 Å². The smallest absolute Gasteiger partial charge is 0.243 e. The number of piperidine rings is 1. The highest BCUT2D eigenvalue weighted by atomic mass is 19.1. The fraction of sp³-hybridized carbons (Fsp3) is 0.611. The topological polar surface area (TPSA) is 76.8 Å². The van der Waals surface area contributed by atoms with E-state index in [9.17, 15) is 9.18 Å².